The number of carbonyl (C=O) groups excluding carboxylic acids is 1. The summed E-state index contributed by atoms with van der Waals surface area (Å²) in [7, 11) is 1.50. The Balaban J connectivity index is 2.52. The van der Waals surface area contributed by atoms with Crippen LogP contribution in [0.15, 0.2) is 30.3 Å². The number of benzene rings is 1. The maximum atomic E-state index is 11.4. The van der Waals surface area contributed by atoms with Gasteiger partial charge in [0.25, 0.3) is 0 Å². The standard InChI is InChI=1S/C14H22N2O3/c1-16-14(19)11(9-17)8-13(18)12(15)7-10-5-3-2-4-6-10/h2-6,11-13,17-18H,7-9,15H2,1H3,(H,16,19)/t11?,12-,13-/m0/s1. The molecule has 5 heteroatoms. The third-order valence-corrected chi connectivity index (χ3v) is 3.17. The van der Waals surface area contributed by atoms with Crippen LogP contribution in [0.5, 0.6) is 0 Å². The molecule has 5 nitrogen and oxygen atoms in total. The lowest BCUT2D eigenvalue weighted by Crippen LogP contribution is -2.41. The fourth-order valence-corrected chi connectivity index (χ4v) is 1.96. The second-order valence-electron chi connectivity index (χ2n) is 4.65. The lowest BCUT2D eigenvalue weighted by Gasteiger charge is -2.22. The Morgan fingerprint density at radius 1 is 1.37 bits per heavy atom. The van der Waals surface area contributed by atoms with Crippen molar-refractivity contribution >= 4 is 5.91 Å². The number of aliphatic hydroxyl groups excluding tert-OH is 2. The van der Waals surface area contributed by atoms with Crippen LogP contribution in [0.25, 0.3) is 0 Å². The highest BCUT2D eigenvalue weighted by Crippen LogP contribution is 2.12. The summed E-state index contributed by atoms with van der Waals surface area (Å²) in [6, 6.07) is 9.16. The van der Waals surface area contributed by atoms with Gasteiger partial charge >= 0.3 is 0 Å². The van der Waals surface area contributed by atoms with E-state index >= 15 is 0 Å². The molecule has 0 saturated heterocycles. The minimum absolute atomic E-state index is 0.157. The van der Waals surface area contributed by atoms with Gasteiger partial charge in [-0.25, -0.2) is 0 Å². The minimum Gasteiger partial charge on any atom is -0.396 e. The maximum absolute atomic E-state index is 11.4. The Morgan fingerprint density at radius 3 is 2.53 bits per heavy atom. The predicted octanol–water partition coefficient (Wildman–Crippen LogP) is -0.338. The molecule has 106 valence electrons. The largest absolute Gasteiger partial charge is 0.396 e. The van der Waals surface area contributed by atoms with Crippen molar-refractivity contribution in [3.05, 3.63) is 35.9 Å². The Labute approximate surface area is 113 Å². The van der Waals surface area contributed by atoms with Gasteiger partial charge in [-0.15, -0.1) is 0 Å². The van der Waals surface area contributed by atoms with Crippen LogP contribution in [-0.2, 0) is 11.2 Å². The molecule has 5 N–H and O–H groups in total. The monoisotopic (exact) mass is 266 g/mol. The first-order valence-corrected chi connectivity index (χ1v) is 6.38. The van der Waals surface area contributed by atoms with Crippen LogP contribution in [0.2, 0.25) is 0 Å². The highest BCUT2D eigenvalue weighted by atomic mass is 16.3. The predicted molar refractivity (Wildman–Crippen MR) is 73.4 cm³/mol. The minimum atomic E-state index is -0.824. The number of nitrogens with one attached hydrogen (secondary N) is 1. The van der Waals surface area contributed by atoms with Crippen molar-refractivity contribution in [3.8, 4) is 0 Å². The summed E-state index contributed by atoms with van der Waals surface area (Å²) in [6.07, 6.45) is -0.132. The summed E-state index contributed by atoms with van der Waals surface area (Å²) >= 11 is 0. The van der Waals surface area contributed by atoms with Crippen molar-refractivity contribution in [2.75, 3.05) is 13.7 Å². The van der Waals surface area contributed by atoms with Gasteiger partial charge in [0.2, 0.25) is 5.91 Å². The molecule has 0 saturated carbocycles. The first-order chi connectivity index (χ1) is 9.08. The maximum Gasteiger partial charge on any atom is 0.225 e. The smallest absolute Gasteiger partial charge is 0.225 e. The van der Waals surface area contributed by atoms with E-state index in [0.29, 0.717) is 6.42 Å². The summed E-state index contributed by atoms with van der Waals surface area (Å²) in [5, 5.41) is 21.6. The number of hydrogen-bond donors (Lipinski definition) is 4. The van der Waals surface area contributed by atoms with Crippen LogP contribution in [-0.4, -0.2) is 41.9 Å². The van der Waals surface area contributed by atoms with E-state index < -0.39 is 18.1 Å². The number of carbonyl (C=O) groups is 1. The van der Waals surface area contributed by atoms with Gasteiger partial charge in [-0.1, -0.05) is 30.3 Å². The molecule has 1 rings (SSSR count). The molecule has 0 bridgehead atoms. The number of nitrogens with two attached hydrogens (primary N) is 1. The summed E-state index contributed by atoms with van der Waals surface area (Å²) in [5.41, 5.74) is 6.97. The van der Waals surface area contributed by atoms with Gasteiger partial charge in [-0.3, -0.25) is 4.79 Å². The van der Waals surface area contributed by atoms with E-state index in [2.05, 4.69) is 5.32 Å². The van der Waals surface area contributed by atoms with Gasteiger partial charge in [0.15, 0.2) is 0 Å². The molecule has 0 aliphatic carbocycles. The summed E-state index contributed by atoms with van der Waals surface area (Å²) < 4.78 is 0. The zero-order valence-electron chi connectivity index (χ0n) is 11.1. The Hall–Kier alpha value is -1.43. The van der Waals surface area contributed by atoms with Crippen molar-refractivity contribution in [1.82, 2.24) is 5.32 Å². The molecule has 0 radical (unpaired) electrons. The average molecular weight is 266 g/mol. The lowest BCUT2D eigenvalue weighted by atomic mass is 9.94. The summed E-state index contributed by atoms with van der Waals surface area (Å²) in [4.78, 5) is 11.4. The van der Waals surface area contributed by atoms with Crippen LogP contribution in [0.4, 0.5) is 0 Å². The molecule has 0 heterocycles. The third-order valence-electron chi connectivity index (χ3n) is 3.17. The van der Waals surface area contributed by atoms with Crippen LogP contribution >= 0.6 is 0 Å². The van der Waals surface area contributed by atoms with Crippen LogP contribution in [0.1, 0.15) is 12.0 Å². The highest BCUT2D eigenvalue weighted by molar-refractivity contribution is 5.78. The molecule has 3 atom stereocenters. The van der Waals surface area contributed by atoms with E-state index in [1.54, 1.807) is 0 Å². The van der Waals surface area contributed by atoms with Crippen molar-refractivity contribution in [3.63, 3.8) is 0 Å². The molecule has 1 unspecified atom stereocenters. The molecule has 0 fully saturated rings. The van der Waals surface area contributed by atoms with Crippen LogP contribution < -0.4 is 11.1 Å². The topological polar surface area (TPSA) is 95.6 Å². The zero-order chi connectivity index (χ0) is 14.3. The third kappa shape index (κ3) is 4.98. The van der Waals surface area contributed by atoms with E-state index in [1.807, 2.05) is 30.3 Å². The summed E-state index contributed by atoms with van der Waals surface area (Å²) in [6.45, 7) is -0.297. The molecule has 1 amide bonds. The van der Waals surface area contributed by atoms with Crippen LogP contribution in [0.3, 0.4) is 0 Å². The van der Waals surface area contributed by atoms with Gasteiger partial charge < -0.3 is 21.3 Å². The average Bonchev–Trinajstić information content (AvgIpc) is 2.44. The number of amides is 1. The number of hydrogen-bond acceptors (Lipinski definition) is 4. The van der Waals surface area contributed by atoms with Gasteiger partial charge in [0.05, 0.1) is 18.6 Å². The lowest BCUT2D eigenvalue weighted by molar-refractivity contribution is -0.127. The van der Waals surface area contributed by atoms with E-state index in [1.165, 1.54) is 7.05 Å². The first kappa shape index (κ1) is 15.6. The first-order valence-electron chi connectivity index (χ1n) is 6.38. The van der Waals surface area contributed by atoms with Crippen molar-refractivity contribution in [1.29, 1.82) is 0 Å². The molecule has 1 aromatic rings. The van der Waals surface area contributed by atoms with Gasteiger partial charge in [-0.05, 0) is 18.4 Å². The molecule has 1 aromatic carbocycles. The number of aliphatic hydroxyl groups is 2. The van der Waals surface area contributed by atoms with Crippen molar-refractivity contribution < 1.29 is 15.0 Å². The fourth-order valence-electron chi connectivity index (χ4n) is 1.96. The Morgan fingerprint density at radius 2 is 2.00 bits per heavy atom. The molecule has 0 aromatic heterocycles. The van der Waals surface area contributed by atoms with Gasteiger partial charge in [0.1, 0.15) is 0 Å². The molecule has 0 spiro atoms. The van der Waals surface area contributed by atoms with Crippen molar-refractivity contribution in [2.45, 2.75) is 25.0 Å². The van der Waals surface area contributed by atoms with Gasteiger partial charge in [0, 0.05) is 13.1 Å². The molecular formula is C14H22N2O3. The summed E-state index contributed by atoms with van der Waals surface area (Å²) in [5.74, 6) is -0.907. The molecule has 0 aliphatic rings. The number of rotatable bonds is 7. The van der Waals surface area contributed by atoms with E-state index in [9.17, 15) is 9.90 Å². The van der Waals surface area contributed by atoms with E-state index in [-0.39, 0.29) is 18.9 Å². The van der Waals surface area contributed by atoms with Crippen LogP contribution in [0, 0.1) is 5.92 Å². The fraction of sp³-hybridized carbons (Fsp3) is 0.500. The Kier molecular flexibility index (Phi) is 6.49. The normalized spacial score (nSPS) is 15.6. The quantitative estimate of drug-likeness (QED) is 0.543. The second kappa shape index (κ2) is 7.89. The molecule has 19 heavy (non-hydrogen) atoms. The highest BCUT2D eigenvalue weighted by Gasteiger charge is 2.24. The Bertz CT molecular complexity index is 384. The second-order valence-corrected chi connectivity index (χ2v) is 4.65. The van der Waals surface area contributed by atoms with Gasteiger partial charge in [-0.2, -0.15) is 0 Å². The molecule has 0 aliphatic heterocycles. The van der Waals surface area contributed by atoms with Crippen molar-refractivity contribution in [2.24, 2.45) is 11.7 Å². The van der Waals surface area contributed by atoms with E-state index in [0.717, 1.165) is 5.56 Å². The zero-order valence-corrected chi connectivity index (χ0v) is 11.1. The molecular weight excluding hydrogens is 244 g/mol. The van der Waals surface area contributed by atoms with E-state index in [4.69, 9.17) is 10.8 Å². The SMILES string of the molecule is CNC(=O)C(CO)C[C@H](O)[C@@H](N)Cc1ccccc1.